The number of nitrogens with one attached hydrogen (secondary N) is 3. The number of carbonyl (C=O) groups excluding carboxylic acids is 1. The first kappa shape index (κ1) is 16.5. The van der Waals surface area contributed by atoms with Crippen molar-refractivity contribution in [2.75, 3.05) is 19.6 Å². The number of likely N-dealkylation sites (tertiary alicyclic amines) is 1. The molecule has 1 atom stereocenters. The second-order valence-corrected chi connectivity index (χ2v) is 6.90. The fourth-order valence-corrected chi connectivity index (χ4v) is 2.59. The molecule has 0 spiro atoms. The topological polar surface area (TPSA) is 98.1 Å². The minimum Gasteiger partial charge on any atom is -0.346 e. The first-order valence-corrected chi connectivity index (χ1v) is 7.62. The molecule has 1 aromatic rings. The van der Waals surface area contributed by atoms with Gasteiger partial charge in [-0.05, 0) is 31.3 Å². The summed E-state index contributed by atoms with van der Waals surface area (Å²) in [6, 6.07) is 1.03. The van der Waals surface area contributed by atoms with Gasteiger partial charge in [-0.3, -0.25) is 14.6 Å². The van der Waals surface area contributed by atoms with E-state index < -0.39 is 17.2 Å². The van der Waals surface area contributed by atoms with Crippen LogP contribution in [0.5, 0.6) is 0 Å². The zero-order chi connectivity index (χ0) is 16.3. The van der Waals surface area contributed by atoms with Crippen LogP contribution in [-0.2, 0) is 0 Å². The Labute approximate surface area is 129 Å². The van der Waals surface area contributed by atoms with Gasteiger partial charge < -0.3 is 15.2 Å². The molecule has 2 rings (SSSR count). The molecule has 122 valence electrons. The van der Waals surface area contributed by atoms with Crippen molar-refractivity contribution in [3.63, 3.8) is 0 Å². The van der Waals surface area contributed by atoms with Gasteiger partial charge in [0.25, 0.3) is 11.5 Å². The van der Waals surface area contributed by atoms with Gasteiger partial charge in [0.05, 0.1) is 0 Å². The van der Waals surface area contributed by atoms with Gasteiger partial charge in [0.1, 0.15) is 5.69 Å². The molecular formula is C15H24N4O3. The van der Waals surface area contributed by atoms with Crippen molar-refractivity contribution in [1.82, 2.24) is 20.2 Å². The second-order valence-electron chi connectivity index (χ2n) is 6.90. The van der Waals surface area contributed by atoms with E-state index in [1.54, 1.807) is 0 Å². The Morgan fingerprint density at radius 1 is 1.27 bits per heavy atom. The molecule has 1 saturated heterocycles. The van der Waals surface area contributed by atoms with Crippen molar-refractivity contribution in [2.24, 2.45) is 5.41 Å². The lowest BCUT2D eigenvalue weighted by Gasteiger charge is -2.34. The summed E-state index contributed by atoms with van der Waals surface area (Å²) in [5.74, 6) is -0.428. The Balaban J connectivity index is 2.13. The van der Waals surface area contributed by atoms with Gasteiger partial charge >= 0.3 is 5.69 Å². The molecule has 1 aliphatic heterocycles. The maximum atomic E-state index is 12.3. The van der Waals surface area contributed by atoms with Gasteiger partial charge in [0.15, 0.2) is 0 Å². The zero-order valence-corrected chi connectivity index (χ0v) is 13.4. The molecule has 1 fully saturated rings. The number of rotatable bonds is 4. The molecule has 22 heavy (non-hydrogen) atoms. The number of nitrogens with zero attached hydrogens (tertiary/aromatic N) is 1. The third-order valence-corrected chi connectivity index (χ3v) is 4.00. The summed E-state index contributed by atoms with van der Waals surface area (Å²) in [5, 5.41) is 2.95. The maximum absolute atomic E-state index is 12.3. The number of amides is 1. The lowest BCUT2D eigenvalue weighted by molar-refractivity contribution is 0.0872. The smallest absolute Gasteiger partial charge is 0.326 e. The van der Waals surface area contributed by atoms with Gasteiger partial charge in [-0.25, -0.2) is 4.79 Å². The van der Waals surface area contributed by atoms with Crippen LogP contribution in [0.2, 0.25) is 0 Å². The molecule has 1 aliphatic rings. The van der Waals surface area contributed by atoms with Crippen molar-refractivity contribution in [2.45, 2.75) is 39.7 Å². The summed E-state index contributed by atoms with van der Waals surface area (Å²) in [6.45, 7) is 9.05. The molecule has 0 aliphatic carbocycles. The Bertz CT molecular complexity index is 607. The van der Waals surface area contributed by atoms with Gasteiger partial charge in [0.2, 0.25) is 0 Å². The average molecular weight is 308 g/mol. The molecule has 1 unspecified atom stereocenters. The summed E-state index contributed by atoms with van der Waals surface area (Å²) in [4.78, 5) is 41.7. The summed E-state index contributed by atoms with van der Waals surface area (Å²) >= 11 is 0. The average Bonchev–Trinajstić information content (AvgIpc) is 2.88. The van der Waals surface area contributed by atoms with Crippen molar-refractivity contribution in [3.05, 3.63) is 32.6 Å². The fraction of sp³-hybridized carbons (Fsp3) is 0.667. The van der Waals surface area contributed by atoms with Crippen molar-refractivity contribution in [3.8, 4) is 0 Å². The van der Waals surface area contributed by atoms with Crippen LogP contribution < -0.4 is 16.6 Å². The molecule has 3 N–H and O–H groups in total. The molecular weight excluding hydrogens is 284 g/mol. The monoisotopic (exact) mass is 308 g/mol. The number of hydrogen-bond donors (Lipinski definition) is 3. The second kappa shape index (κ2) is 6.48. The zero-order valence-electron chi connectivity index (χ0n) is 13.4. The third-order valence-electron chi connectivity index (χ3n) is 4.00. The van der Waals surface area contributed by atoms with Gasteiger partial charge in [-0.2, -0.15) is 0 Å². The summed E-state index contributed by atoms with van der Waals surface area (Å²) in [6.07, 6.45) is 2.37. The molecule has 0 bridgehead atoms. The van der Waals surface area contributed by atoms with E-state index in [0.29, 0.717) is 0 Å². The van der Waals surface area contributed by atoms with E-state index in [-0.39, 0.29) is 17.2 Å². The lowest BCUT2D eigenvalue weighted by atomic mass is 9.86. The van der Waals surface area contributed by atoms with Crippen LogP contribution in [0.3, 0.4) is 0 Å². The predicted octanol–water partition coefficient (Wildman–Crippen LogP) is 0.304. The van der Waals surface area contributed by atoms with E-state index in [4.69, 9.17) is 0 Å². The van der Waals surface area contributed by atoms with E-state index in [2.05, 4.69) is 41.0 Å². The number of aromatic nitrogens is 2. The van der Waals surface area contributed by atoms with Crippen LogP contribution in [0.1, 0.15) is 44.1 Å². The van der Waals surface area contributed by atoms with Crippen LogP contribution in [0.25, 0.3) is 0 Å². The Morgan fingerprint density at radius 3 is 2.45 bits per heavy atom. The largest absolute Gasteiger partial charge is 0.346 e. The Morgan fingerprint density at radius 2 is 1.91 bits per heavy atom. The van der Waals surface area contributed by atoms with Crippen LogP contribution in [-0.4, -0.2) is 46.5 Å². The highest BCUT2D eigenvalue weighted by Crippen LogP contribution is 2.22. The highest BCUT2D eigenvalue weighted by atomic mass is 16.2. The maximum Gasteiger partial charge on any atom is 0.326 e. The summed E-state index contributed by atoms with van der Waals surface area (Å²) < 4.78 is 0. The predicted molar refractivity (Wildman–Crippen MR) is 84.1 cm³/mol. The van der Waals surface area contributed by atoms with Crippen molar-refractivity contribution in [1.29, 1.82) is 0 Å². The van der Waals surface area contributed by atoms with Gasteiger partial charge in [-0.1, -0.05) is 20.8 Å². The van der Waals surface area contributed by atoms with Gasteiger partial charge in [-0.15, -0.1) is 0 Å². The van der Waals surface area contributed by atoms with Crippen LogP contribution >= 0.6 is 0 Å². The van der Waals surface area contributed by atoms with E-state index in [1.807, 2.05) is 0 Å². The number of aromatic amines is 2. The van der Waals surface area contributed by atoms with Crippen molar-refractivity contribution >= 4 is 5.91 Å². The third kappa shape index (κ3) is 4.30. The van der Waals surface area contributed by atoms with E-state index in [0.717, 1.165) is 25.7 Å². The number of carbonyl (C=O) groups is 1. The SMILES string of the molecule is CC(C)(C)C(CN1CCCC1)NC(=O)c1cc(=O)[nH]c(=O)[nH]1. The van der Waals surface area contributed by atoms with Crippen LogP contribution in [0.15, 0.2) is 15.7 Å². The summed E-state index contributed by atoms with van der Waals surface area (Å²) in [7, 11) is 0. The van der Waals surface area contributed by atoms with Crippen LogP contribution in [0, 0.1) is 5.41 Å². The molecule has 7 heteroatoms. The fourth-order valence-electron chi connectivity index (χ4n) is 2.59. The molecule has 7 nitrogen and oxygen atoms in total. The van der Waals surface area contributed by atoms with E-state index >= 15 is 0 Å². The molecule has 0 radical (unpaired) electrons. The Hall–Kier alpha value is -1.89. The lowest BCUT2D eigenvalue weighted by Crippen LogP contribution is -2.50. The van der Waals surface area contributed by atoms with E-state index in [9.17, 15) is 14.4 Å². The van der Waals surface area contributed by atoms with Gasteiger partial charge in [0, 0.05) is 18.7 Å². The van der Waals surface area contributed by atoms with Crippen molar-refractivity contribution < 1.29 is 4.79 Å². The quantitative estimate of drug-likeness (QED) is 0.745. The normalized spacial score (nSPS) is 17.4. The molecule has 1 aromatic heterocycles. The highest BCUT2D eigenvalue weighted by molar-refractivity contribution is 5.92. The summed E-state index contributed by atoms with van der Waals surface area (Å²) in [5.41, 5.74) is -1.39. The molecule has 0 aromatic carbocycles. The number of H-pyrrole nitrogens is 2. The minimum atomic E-state index is -0.676. The molecule has 2 heterocycles. The first-order chi connectivity index (χ1) is 10.3. The van der Waals surface area contributed by atoms with Crippen LogP contribution in [0.4, 0.5) is 0 Å². The standard InChI is InChI=1S/C15H24N4O3/c1-15(2,3)11(9-19-6-4-5-7-19)17-13(21)10-8-12(20)18-14(22)16-10/h8,11H,4-7,9H2,1-3H3,(H,17,21)(H2,16,18,20,22). The Kier molecular flexibility index (Phi) is 4.85. The molecule has 0 saturated carbocycles. The minimum absolute atomic E-state index is 0.00979. The number of hydrogen-bond acceptors (Lipinski definition) is 4. The van der Waals surface area contributed by atoms with E-state index in [1.165, 1.54) is 12.8 Å². The molecule has 1 amide bonds. The highest BCUT2D eigenvalue weighted by Gasteiger charge is 2.29. The first-order valence-electron chi connectivity index (χ1n) is 7.62.